The number of hydrogen-bond donors (Lipinski definition) is 2. The third kappa shape index (κ3) is 4.32. The first kappa shape index (κ1) is 15.0. The lowest BCUT2D eigenvalue weighted by Crippen LogP contribution is -2.26. The van der Waals surface area contributed by atoms with E-state index in [1.165, 1.54) is 25.7 Å². The van der Waals surface area contributed by atoms with Crippen molar-refractivity contribution in [3.8, 4) is 0 Å². The molecule has 1 atom stereocenters. The topological polar surface area (TPSA) is 64.4 Å². The molecular weight excluding hydrogens is 252 g/mol. The second kappa shape index (κ2) is 7.41. The Morgan fingerprint density at radius 1 is 1.35 bits per heavy atom. The van der Waals surface area contributed by atoms with E-state index in [1.807, 2.05) is 31.2 Å². The van der Waals surface area contributed by atoms with Gasteiger partial charge in [-0.2, -0.15) is 0 Å². The van der Waals surface area contributed by atoms with E-state index in [4.69, 9.17) is 10.5 Å². The molecule has 0 heterocycles. The molecule has 0 bridgehead atoms. The quantitative estimate of drug-likeness (QED) is 0.839. The van der Waals surface area contributed by atoms with E-state index < -0.39 is 0 Å². The van der Waals surface area contributed by atoms with E-state index in [-0.39, 0.29) is 11.8 Å². The molecule has 1 fully saturated rings. The molecule has 0 saturated heterocycles. The van der Waals surface area contributed by atoms with Crippen LogP contribution in [0.15, 0.2) is 24.3 Å². The molecule has 3 N–H and O–H groups in total. The monoisotopic (exact) mass is 276 g/mol. The molecule has 1 aromatic rings. The van der Waals surface area contributed by atoms with Gasteiger partial charge >= 0.3 is 0 Å². The maximum Gasteiger partial charge on any atom is 0.228 e. The molecule has 1 aliphatic carbocycles. The van der Waals surface area contributed by atoms with E-state index >= 15 is 0 Å². The Morgan fingerprint density at radius 2 is 2.00 bits per heavy atom. The second-order valence-corrected chi connectivity index (χ2v) is 5.54. The van der Waals surface area contributed by atoms with Gasteiger partial charge in [-0.1, -0.05) is 31.9 Å². The summed E-state index contributed by atoms with van der Waals surface area (Å²) in [5, 5.41) is 2.86. The molecule has 110 valence electrons. The maximum atomic E-state index is 11.7. The Labute approximate surface area is 120 Å². The van der Waals surface area contributed by atoms with E-state index in [0.29, 0.717) is 19.3 Å². The zero-order valence-electron chi connectivity index (χ0n) is 12.1. The zero-order chi connectivity index (χ0) is 14.4. The fourth-order valence-electron chi connectivity index (χ4n) is 2.33. The minimum Gasteiger partial charge on any atom is -0.374 e. The molecule has 0 aliphatic heterocycles. The molecule has 0 spiro atoms. The lowest BCUT2D eigenvalue weighted by atomic mass is 10.1. The van der Waals surface area contributed by atoms with Crippen molar-refractivity contribution in [2.75, 3.05) is 11.9 Å². The van der Waals surface area contributed by atoms with Crippen LogP contribution in [0, 0.1) is 5.92 Å². The van der Waals surface area contributed by atoms with Crippen LogP contribution in [0.5, 0.6) is 0 Å². The van der Waals surface area contributed by atoms with E-state index in [0.717, 1.165) is 11.3 Å². The molecule has 4 nitrogen and oxygen atoms in total. The standard InChI is InChI=1S/C16H24N2O2/c1-12(10-17)16(19)18-14-8-6-13(7-9-14)11-20-15-4-2-3-5-15/h6-9,12,15H,2-5,10-11,17H2,1H3,(H,18,19). The van der Waals surface area contributed by atoms with E-state index in [2.05, 4.69) is 5.32 Å². The van der Waals surface area contributed by atoms with Crippen molar-refractivity contribution in [2.24, 2.45) is 11.7 Å². The maximum absolute atomic E-state index is 11.7. The molecule has 1 saturated carbocycles. The number of hydrogen-bond acceptors (Lipinski definition) is 3. The van der Waals surface area contributed by atoms with Gasteiger partial charge < -0.3 is 15.8 Å². The smallest absolute Gasteiger partial charge is 0.228 e. The lowest BCUT2D eigenvalue weighted by Gasteiger charge is -2.12. The molecular formula is C16H24N2O2. The van der Waals surface area contributed by atoms with Gasteiger partial charge in [0, 0.05) is 18.2 Å². The first-order chi connectivity index (χ1) is 9.69. The lowest BCUT2D eigenvalue weighted by molar-refractivity contribution is -0.119. The van der Waals surface area contributed by atoms with Crippen LogP contribution < -0.4 is 11.1 Å². The number of benzene rings is 1. The van der Waals surface area contributed by atoms with Gasteiger partial charge in [-0.3, -0.25) is 4.79 Å². The van der Waals surface area contributed by atoms with Gasteiger partial charge in [-0.25, -0.2) is 0 Å². The third-order valence-electron chi connectivity index (χ3n) is 3.81. The first-order valence-electron chi connectivity index (χ1n) is 7.40. The Bertz CT molecular complexity index is 425. The van der Waals surface area contributed by atoms with Gasteiger partial charge in [-0.15, -0.1) is 0 Å². The third-order valence-corrected chi connectivity index (χ3v) is 3.81. The van der Waals surface area contributed by atoms with Crippen LogP contribution in [-0.2, 0) is 16.1 Å². The van der Waals surface area contributed by atoms with Crippen molar-refractivity contribution in [1.82, 2.24) is 0 Å². The fourth-order valence-corrected chi connectivity index (χ4v) is 2.33. The summed E-state index contributed by atoms with van der Waals surface area (Å²) in [6, 6.07) is 7.82. The van der Waals surface area contributed by atoms with Crippen LogP contribution in [0.4, 0.5) is 5.69 Å². The number of nitrogens with one attached hydrogen (secondary N) is 1. The van der Waals surface area contributed by atoms with Gasteiger partial charge in [0.1, 0.15) is 0 Å². The number of nitrogens with two attached hydrogens (primary N) is 1. The number of rotatable bonds is 6. The molecule has 1 unspecified atom stereocenters. The van der Waals surface area contributed by atoms with E-state index in [1.54, 1.807) is 0 Å². The summed E-state index contributed by atoms with van der Waals surface area (Å²) in [5.74, 6) is -0.206. The largest absolute Gasteiger partial charge is 0.374 e. The van der Waals surface area contributed by atoms with Gasteiger partial charge in [0.15, 0.2) is 0 Å². The van der Waals surface area contributed by atoms with Gasteiger partial charge in [0.05, 0.1) is 12.7 Å². The summed E-state index contributed by atoms with van der Waals surface area (Å²) in [4.78, 5) is 11.7. The predicted octanol–water partition coefficient (Wildman–Crippen LogP) is 2.68. The number of carbonyl (C=O) groups excluding carboxylic acids is 1. The van der Waals surface area contributed by atoms with Crippen molar-refractivity contribution in [3.05, 3.63) is 29.8 Å². The average molecular weight is 276 g/mol. The van der Waals surface area contributed by atoms with Crippen molar-refractivity contribution in [1.29, 1.82) is 0 Å². The minimum absolute atomic E-state index is 0.0394. The molecule has 0 radical (unpaired) electrons. The number of carbonyl (C=O) groups is 1. The van der Waals surface area contributed by atoms with E-state index in [9.17, 15) is 4.79 Å². The molecule has 0 aromatic heterocycles. The normalized spacial score (nSPS) is 17.1. The SMILES string of the molecule is CC(CN)C(=O)Nc1ccc(COC2CCCC2)cc1. The van der Waals surface area contributed by atoms with Gasteiger partial charge in [0.2, 0.25) is 5.91 Å². The number of amides is 1. The number of ether oxygens (including phenoxy) is 1. The highest BCUT2D eigenvalue weighted by atomic mass is 16.5. The van der Waals surface area contributed by atoms with Crippen molar-refractivity contribution >= 4 is 11.6 Å². The summed E-state index contributed by atoms with van der Waals surface area (Å²) in [5.41, 5.74) is 7.42. The van der Waals surface area contributed by atoms with Gasteiger partial charge in [-0.05, 0) is 30.5 Å². The van der Waals surface area contributed by atoms with Crippen molar-refractivity contribution < 1.29 is 9.53 Å². The molecule has 20 heavy (non-hydrogen) atoms. The zero-order valence-corrected chi connectivity index (χ0v) is 12.1. The Balaban J connectivity index is 1.81. The highest BCUT2D eigenvalue weighted by molar-refractivity contribution is 5.92. The van der Waals surface area contributed by atoms with Crippen LogP contribution in [0.2, 0.25) is 0 Å². The molecule has 2 rings (SSSR count). The minimum atomic E-state index is -0.166. The fraction of sp³-hybridized carbons (Fsp3) is 0.562. The summed E-state index contributed by atoms with van der Waals surface area (Å²) in [6.45, 7) is 2.83. The average Bonchev–Trinajstić information content (AvgIpc) is 2.99. The molecule has 4 heteroatoms. The predicted molar refractivity (Wildman–Crippen MR) is 80.3 cm³/mol. The highest BCUT2D eigenvalue weighted by Gasteiger charge is 2.15. The number of anilines is 1. The first-order valence-corrected chi connectivity index (χ1v) is 7.40. The van der Waals surface area contributed by atoms with Crippen LogP contribution in [-0.4, -0.2) is 18.6 Å². The van der Waals surface area contributed by atoms with Crippen molar-refractivity contribution in [2.45, 2.75) is 45.3 Å². The van der Waals surface area contributed by atoms with Crippen LogP contribution in [0.25, 0.3) is 0 Å². The van der Waals surface area contributed by atoms with Gasteiger partial charge in [0.25, 0.3) is 0 Å². The van der Waals surface area contributed by atoms with Crippen molar-refractivity contribution in [3.63, 3.8) is 0 Å². The van der Waals surface area contributed by atoms with Crippen LogP contribution in [0.1, 0.15) is 38.2 Å². The highest BCUT2D eigenvalue weighted by Crippen LogP contribution is 2.22. The van der Waals surface area contributed by atoms with Crippen LogP contribution in [0.3, 0.4) is 0 Å². The molecule has 1 amide bonds. The summed E-state index contributed by atoms with van der Waals surface area (Å²) in [7, 11) is 0. The summed E-state index contributed by atoms with van der Waals surface area (Å²) < 4.78 is 5.86. The summed E-state index contributed by atoms with van der Waals surface area (Å²) >= 11 is 0. The Morgan fingerprint density at radius 3 is 2.60 bits per heavy atom. The second-order valence-electron chi connectivity index (χ2n) is 5.54. The molecule has 1 aromatic carbocycles. The summed E-state index contributed by atoms with van der Waals surface area (Å²) in [6.07, 6.45) is 5.37. The van der Waals surface area contributed by atoms with Crippen LogP contribution >= 0.6 is 0 Å². The Hall–Kier alpha value is -1.39. The Kier molecular flexibility index (Phi) is 5.56. The molecule has 1 aliphatic rings.